The first-order valence-corrected chi connectivity index (χ1v) is 12.2. The number of aliphatic hydroxyl groups is 1. The number of aromatic nitrogens is 2. The molecule has 0 aliphatic heterocycles. The van der Waals surface area contributed by atoms with Crippen LogP contribution in [0.15, 0.2) is 47.6 Å². The van der Waals surface area contributed by atoms with Crippen LogP contribution in [0.1, 0.15) is 55.0 Å². The molecule has 0 radical (unpaired) electrons. The van der Waals surface area contributed by atoms with Gasteiger partial charge in [0.1, 0.15) is 11.9 Å². The van der Waals surface area contributed by atoms with Crippen molar-refractivity contribution >= 4 is 35.4 Å². The number of carbonyl (C=O) groups excluding carboxylic acids is 2. The van der Waals surface area contributed by atoms with E-state index in [9.17, 15) is 22.7 Å². The maximum Gasteiger partial charge on any atom is 0.419 e. The van der Waals surface area contributed by atoms with Gasteiger partial charge in [-0.05, 0) is 68.6 Å². The molecule has 0 saturated heterocycles. The average molecular weight is 560 g/mol. The molecule has 0 amide bonds. The number of alkyl halides is 3. The van der Waals surface area contributed by atoms with E-state index in [1.54, 1.807) is 36.5 Å². The van der Waals surface area contributed by atoms with E-state index in [1.165, 1.54) is 12.3 Å². The zero-order valence-electron chi connectivity index (χ0n) is 20.7. The number of pyridine rings is 2. The fourth-order valence-electron chi connectivity index (χ4n) is 3.30. The van der Waals surface area contributed by atoms with Crippen LogP contribution in [0.5, 0.6) is 0 Å². The SMILES string of the molecule is CC.CCN(Sc1ccc(F)c(C(F)(F)F)c1)c1cc(Cl)cnc1C(O)c1c(C)ccnc1C.O=C=O. The fourth-order valence-corrected chi connectivity index (χ4v) is 4.37. The summed E-state index contributed by atoms with van der Waals surface area (Å²) < 4.78 is 54.7. The summed E-state index contributed by atoms with van der Waals surface area (Å²) in [6, 6.07) is 6.16. The van der Waals surface area contributed by atoms with Crippen LogP contribution in [-0.4, -0.2) is 27.8 Å². The summed E-state index contributed by atoms with van der Waals surface area (Å²) in [4.78, 5) is 25.0. The molecule has 0 fully saturated rings. The predicted octanol–water partition coefficient (Wildman–Crippen LogP) is 6.96. The van der Waals surface area contributed by atoms with Crippen LogP contribution in [0.4, 0.5) is 23.2 Å². The Bertz CT molecular complexity index is 1200. The second kappa shape index (κ2) is 14.7. The maximum absolute atomic E-state index is 13.7. The predicted molar refractivity (Wildman–Crippen MR) is 134 cm³/mol. The quantitative estimate of drug-likeness (QED) is 0.258. The van der Waals surface area contributed by atoms with E-state index in [2.05, 4.69) is 9.97 Å². The van der Waals surface area contributed by atoms with Gasteiger partial charge in [0.15, 0.2) is 0 Å². The first-order chi connectivity index (χ1) is 17.4. The van der Waals surface area contributed by atoms with E-state index in [1.807, 2.05) is 20.8 Å². The van der Waals surface area contributed by atoms with Gasteiger partial charge in [-0.25, -0.2) is 4.39 Å². The minimum Gasteiger partial charge on any atom is -0.382 e. The number of rotatable bonds is 6. The lowest BCUT2D eigenvalue weighted by Crippen LogP contribution is -2.19. The van der Waals surface area contributed by atoms with Crippen molar-refractivity contribution in [3.8, 4) is 0 Å². The van der Waals surface area contributed by atoms with Gasteiger partial charge in [0.2, 0.25) is 0 Å². The number of aryl methyl sites for hydroxylation is 2. The number of benzene rings is 1. The molecule has 3 rings (SSSR count). The van der Waals surface area contributed by atoms with Crippen LogP contribution in [0.2, 0.25) is 5.02 Å². The van der Waals surface area contributed by atoms with Gasteiger partial charge < -0.3 is 9.41 Å². The standard InChI is InChI=1S/C22H20ClF4N3OS.C2H6.CO2/c1-4-30(32-15-5-6-17(24)16(10-15)22(25,26)27)18-9-14(23)11-29-20(18)21(31)19-12(2)7-8-28-13(19)3;1-2;2-1-3/h5-11,21,31H,4H2,1-3H3;1-2H3;. The molecule has 1 aromatic carbocycles. The number of nitrogens with zero attached hydrogens (tertiary/aromatic N) is 3. The molecule has 6 nitrogen and oxygen atoms in total. The highest BCUT2D eigenvalue weighted by Crippen LogP contribution is 2.39. The van der Waals surface area contributed by atoms with Gasteiger partial charge >= 0.3 is 12.3 Å². The Morgan fingerprint density at radius 3 is 2.30 bits per heavy atom. The summed E-state index contributed by atoms with van der Waals surface area (Å²) in [6.07, 6.45) is -2.67. The molecular formula is C25H26ClF4N3O3S. The van der Waals surface area contributed by atoms with Crippen molar-refractivity contribution < 1.29 is 32.3 Å². The summed E-state index contributed by atoms with van der Waals surface area (Å²) in [5.74, 6) is -1.34. The van der Waals surface area contributed by atoms with Crippen LogP contribution < -0.4 is 4.31 Å². The summed E-state index contributed by atoms with van der Waals surface area (Å²) >= 11 is 7.12. The highest BCUT2D eigenvalue weighted by atomic mass is 35.5. The molecule has 0 spiro atoms. The molecule has 3 aromatic rings. The summed E-state index contributed by atoms with van der Waals surface area (Å²) in [7, 11) is 0. The molecule has 37 heavy (non-hydrogen) atoms. The topological polar surface area (TPSA) is 83.4 Å². The minimum atomic E-state index is -4.81. The van der Waals surface area contributed by atoms with Crippen molar-refractivity contribution in [2.24, 2.45) is 0 Å². The molecule has 2 aromatic heterocycles. The smallest absolute Gasteiger partial charge is 0.382 e. The van der Waals surface area contributed by atoms with E-state index in [-0.39, 0.29) is 16.7 Å². The Morgan fingerprint density at radius 2 is 1.76 bits per heavy atom. The second-order valence-electron chi connectivity index (χ2n) is 7.10. The van der Waals surface area contributed by atoms with Crippen LogP contribution in [0, 0.1) is 19.7 Å². The van der Waals surface area contributed by atoms with Crippen LogP contribution in [-0.2, 0) is 15.8 Å². The largest absolute Gasteiger partial charge is 0.419 e. The van der Waals surface area contributed by atoms with Gasteiger partial charge in [-0.15, -0.1) is 0 Å². The van der Waals surface area contributed by atoms with E-state index in [0.29, 0.717) is 28.5 Å². The third-order valence-corrected chi connectivity index (χ3v) is 6.17. The Kier molecular flexibility index (Phi) is 12.7. The Hall–Kier alpha value is -2.98. The van der Waals surface area contributed by atoms with Crippen LogP contribution in [0.25, 0.3) is 0 Å². The van der Waals surface area contributed by atoms with Gasteiger partial charge in [-0.2, -0.15) is 22.8 Å². The fraction of sp³-hybridized carbons (Fsp3) is 0.320. The lowest BCUT2D eigenvalue weighted by molar-refractivity contribution is -0.191. The molecule has 0 saturated carbocycles. The van der Waals surface area contributed by atoms with Gasteiger partial charge in [0.25, 0.3) is 0 Å². The third kappa shape index (κ3) is 8.53. The normalized spacial score (nSPS) is 11.3. The maximum atomic E-state index is 13.7. The van der Waals surface area contributed by atoms with E-state index >= 15 is 0 Å². The number of hydrogen-bond donors (Lipinski definition) is 1. The molecule has 0 bridgehead atoms. The van der Waals surface area contributed by atoms with Crippen molar-refractivity contribution in [2.75, 3.05) is 10.8 Å². The lowest BCUT2D eigenvalue weighted by Gasteiger charge is -2.26. The Balaban J connectivity index is 0.00000127. The van der Waals surface area contributed by atoms with E-state index < -0.39 is 23.7 Å². The lowest BCUT2D eigenvalue weighted by atomic mass is 9.99. The Morgan fingerprint density at radius 1 is 1.14 bits per heavy atom. The second-order valence-corrected chi connectivity index (χ2v) is 8.63. The third-order valence-electron chi connectivity index (χ3n) is 4.82. The highest BCUT2D eigenvalue weighted by Gasteiger charge is 2.34. The molecular weight excluding hydrogens is 534 g/mol. The molecule has 1 N–H and O–H groups in total. The first-order valence-electron chi connectivity index (χ1n) is 11.0. The number of hydrogen-bond acceptors (Lipinski definition) is 7. The zero-order valence-corrected chi connectivity index (χ0v) is 22.3. The van der Waals surface area contributed by atoms with E-state index in [0.717, 1.165) is 29.6 Å². The van der Waals surface area contributed by atoms with Crippen molar-refractivity contribution in [3.05, 3.63) is 81.6 Å². The van der Waals surface area contributed by atoms with Gasteiger partial charge in [0.05, 0.1) is 22.0 Å². The van der Waals surface area contributed by atoms with Gasteiger partial charge in [-0.3, -0.25) is 9.97 Å². The highest BCUT2D eigenvalue weighted by molar-refractivity contribution is 8.00. The van der Waals surface area contributed by atoms with Crippen LogP contribution >= 0.6 is 23.5 Å². The van der Waals surface area contributed by atoms with Crippen molar-refractivity contribution in [3.63, 3.8) is 0 Å². The monoisotopic (exact) mass is 559 g/mol. The molecule has 1 unspecified atom stereocenters. The summed E-state index contributed by atoms with van der Waals surface area (Å²) in [5, 5.41) is 11.4. The van der Waals surface area contributed by atoms with Gasteiger partial charge in [0, 0.05) is 35.1 Å². The molecule has 200 valence electrons. The number of aliphatic hydroxyl groups excluding tert-OH is 1. The molecule has 1 atom stereocenters. The van der Waals surface area contributed by atoms with Crippen molar-refractivity contribution in [1.82, 2.24) is 9.97 Å². The number of anilines is 1. The molecule has 2 heterocycles. The minimum absolute atomic E-state index is 0.176. The average Bonchev–Trinajstić information content (AvgIpc) is 2.84. The van der Waals surface area contributed by atoms with Crippen molar-refractivity contribution in [2.45, 2.75) is 51.8 Å². The van der Waals surface area contributed by atoms with Crippen LogP contribution in [0.3, 0.4) is 0 Å². The molecule has 0 aliphatic rings. The summed E-state index contributed by atoms with van der Waals surface area (Å²) in [5.41, 5.74) is 1.40. The van der Waals surface area contributed by atoms with Crippen molar-refractivity contribution in [1.29, 1.82) is 0 Å². The zero-order chi connectivity index (χ0) is 28.3. The Labute approximate surface area is 221 Å². The van der Waals surface area contributed by atoms with Gasteiger partial charge in [-0.1, -0.05) is 25.4 Å². The first kappa shape index (κ1) is 32.0. The summed E-state index contributed by atoms with van der Waals surface area (Å²) in [6.45, 7) is 9.74. The van der Waals surface area contributed by atoms with E-state index in [4.69, 9.17) is 21.2 Å². The molecule has 12 heteroatoms. The number of halogens is 5. The molecule has 0 aliphatic carbocycles.